The average Bonchev–Trinajstić information content (AvgIpc) is 2.92. The van der Waals surface area contributed by atoms with Gasteiger partial charge in [0.25, 0.3) is 5.56 Å². The molecule has 36 heavy (non-hydrogen) atoms. The Hall–Kier alpha value is -4.63. The molecule has 0 bridgehead atoms. The Labute approximate surface area is 209 Å². The van der Waals surface area contributed by atoms with Crippen molar-refractivity contribution < 1.29 is 9.53 Å². The molecule has 0 saturated carbocycles. The monoisotopic (exact) mass is 475 g/mol. The molecule has 1 aliphatic heterocycles. The molecule has 0 aliphatic carbocycles. The Morgan fingerprint density at radius 3 is 2.17 bits per heavy atom. The molecule has 0 saturated heterocycles. The smallest absolute Gasteiger partial charge is 0.410 e. The summed E-state index contributed by atoms with van der Waals surface area (Å²) >= 11 is 0. The van der Waals surface area contributed by atoms with Crippen molar-refractivity contribution in [1.29, 1.82) is 0 Å². The number of aryl methyl sites for hydroxylation is 1. The zero-order valence-corrected chi connectivity index (χ0v) is 19.9. The minimum absolute atomic E-state index is 0.0758. The molecule has 4 aromatic rings. The van der Waals surface area contributed by atoms with Crippen LogP contribution in [0, 0.1) is 19.3 Å². The van der Waals surface area contributed by atoms with E-state index >= 15 is 0 Å². The van der Waals surface area contributed by atoms with Crippen molar-refractivity contribution in [3.8, 4) is 18.1 Å². The quantitative estimate of drug-likeness (QED) is 0.401. The lowest BCUT2D eigenvalue weighted by Crippen LogP contribution is -2.43. The summed E-state index contributed by atoms with van der Waals surface area (Å²) in [5.74, 6) is 3.54. The number of fused-ring (bicyclic) bond motifs is 1. The molecule has 5 rings (SSSR count). The summed E-state index contributed by atoms with van der Waals surface area (Å²) in [6.07, 6.45) is 5.31. The second-order valence-corrected chi connectivity index (χ2v) is 8.69. The van der Waals surface area contributed by atoms with Gasteiger partial charge in [-0.25, -0.2) is 9.78 Å². The normalized spacial score (nSPS) is 12.6. The highest BCUT2D eigenvalue weighted by molar-refractivity contribution is 5.71. The summed E-state index contributed by atoms with van der Waals surface area (Å²) in [7, 11) is 0. The molecule has 6 heteroatoms. The van der Waals surface area contributed by atoms with E-state index < -0.39 is 6.09 Å². The minimum Gasteiger partial charge on any atom is -0.410 e. The summed E-state index contributed by atoms with van der Waals surface area (Å²) in [6.45, 7) is 2.43. The molecule has 1 aromatic heterocycles. The number of carbonyl (C=O) groups excluding carboxylic acids is 1. The molecule has 0 spiro atoms. The lowest BCUT2D eigenvalue weighted by atomic mass is 9.97. The zero-order valence-electron chi connectivity index (χ0n) is 19.9. The van der Waals surface area contributed by atoms with Crippen LogP contribution in [0.1, 0.15) is 39.8 Å². The van der Waals surface area contributed by atoms with E-state index in [2.05, 4.69) is 5.92 Å². The molecular weight excluding hydrogens is 450 g/mol. The second-order valence-electron chi connectivity index (χ2n) is 8.69. The van der Waals surface area contributed by atoms with Gasteiger partial charge in [0.2, 0.25) is 0 Å². The molecule has 2 heterocycles. The molecule has 3 aromatic carbocycles. The number of carbonyl (C=O) groups is 1. The molecule has 1 aliphatic rings. The van der Waals surface area contributed by atoms with Gasteiger partial charge in [-0.15, -0.1) is 6.42 Å². The van der Waals surface area contributed by atoms with E-state index in [1.54, 1.807) is 33.7 Å². The summed E-state index contributed by atoms with van der Waals surface area (Å²) in [4.78, 5) is 33.0. The second kappa shape index (κ2) is 9.93. The maximum atomic E-state index is 13.8. The van der Waals surface area contributed by atoms with Gasteiger partial charge in [0, 0.05) is 17.7 Å². The predicted molar refractivity (Wildman–Crippen MR) is 138 cm³/mol. The van der Waals surface area contributed by atoms with Gasteiger partial charge in [-0.05, 0) is 48.7 Å². The predicted octanol–water partition coefficient (Wildman–Crippen LogP) is 4.73. The van der Waals surface area contributed by atoms with E-state index in [1.165, 1.54) is 0 Å². The summed E-state index contributed by atoms with van der Waals surface area (Å²) in [5, 5.41) is 0. The van der Waals surface area contributed by atoms with Crippen LogP contribution >= 0.6 is 0 Å². The van der Waals surface area contributed by atoms with Crippen LogP contribution in [0.3, 0.4) is 0 Å². The number of amides is 1. The third-order valence-electron chi connectivity index (χ3n) is 6.42. The van der Waals surface area contributed by atoms with Crippen molar-refractivity contribution in [1.82, 2.24) is 14.5 Å². The van der Waals surface area contributed by atoms with Crippen molar-refractivity contribution in [2.45, 2.75) is 25.9 Å². The lowest BCUT2D eigenvalue weighted by molar-refractivity contribution is 0.145. The Morgan fingerprint density at radius 1 is 0.972 bits per heavy atom. The van der Waals surface area contributed by atoms with Gasteiger partial charge < -0.3 is 9.64 Å². The van der Waals surface area contributed by atoms with Crippen molar-refractivity contribution in [3.63, 3.8) is 0 Å². The van der Waals surface area contributed by atoms with Crippen LogP contribution in [0.4, 0.5) is 4.79 Å². The van der Waals surface area contributed by atoms with E-state index in [1.807, 2.05) is 67.6 Å². The largest absolute Gasteiger partial charge is 0.415 e. The minimum atomic E-state index is -0.482. The van der Waals surface area contributed by atoms with Gasteiger partial charge in [0.05, 0.1) is 18.3 Å². The SMILES string of the molecule is C#Cc1ccc(OC(=O)N2CCc3c(nc(C)n(C(c4ccccc4)c4ccccc4)c3=O)C2)cc1. The lowest BCUT2D eigenvalue weighted by Gasteiger charge is -2.30. The highest BCUT2D eigenvalue weighted by Gasteiger charge is 2.29. The molecule has 0 N–H and O–H groups in total. The molecule has 178 valence electrons. The third-order valence-corrected chi connectivity index (χ3v) is 6.42. The highest BCUT2D eigenvalue weighted by atomic mass is 16.6. The van der Waals surface area contributed by atoms with Gasteiger partial charge >= 0.3 is 6.09 Å². The Kier molecular flexibility index (Phi) is 6.38. The van der Waals surface area contributed by atoms with Gasteiger partial charge in [-0.3, -0.25) is 9.36 Å². The van der Waals surface area contributed by atoms with Gasteiger partial charge in [-0.1, -0.05) is 66.6 Å². The van der Waals surface area contributed by atoms with Crippen LogP contribution in [0.5, 0.6) is 5.75 Å². The van der Waals surface area contributed by atoms with E-state index in [4.69, 9.17) is 16.1 Å². The molecule has 0 radical (unpaired) electrons. The average molecular weight is 476 g/mol. The summed E-state index contributed by atoms with van der Waals surface area (Å²) in [6, 6.07) is 26.4. The Balaban J connectivity index is 1.46. The highest BCUT2D eigenvalue weighted by Crippen LogP contribution is 2.27. The first-order valence-electron chi connectivity index (χ1n) is 11.8. The zero-order chi connectivity index (χ0) is 25.1. The number of benzene rings is 3. The maximum Gasteiger partial charge on any atom is 0.415 e. The van der Waals surface area contributed by atoms with E-state index in [0.29, 0.717) is 41.4 Å². The van der Waals surface area contributed by atoms with Crippen LogP contribution in [0.2, 0.25) is 0 Å². The molecule has 1 amide bonds. The van der Waals surface area contributed by atoms with Crippen LogP contribution in [0.15, 0.2) is 89.7 Å². The first kappa shape index (κ1) is 23.1. The van der Waals surface area contributed by atoms with Crippen LogP contribution in [-0.4, -0.2) is 27.1 Å². The number of hydrogen-bond acceptors (Lipinski definition) is 4. The number of aromatic nitrogens is 2. The first-order chi connectivity index (χ1) is 17.5. The topological polar surface area (TPSA) is 64.4 Å². The number of nitrogens with zero attached hydrogens (tertiary/aromatic N) is 3. The number of terminal acetylenes is 1. The molecule has 0 unspecified atom stereocenters. The molecule has 6 nitrogen and oxygen atoms in total. The molecule has 0 atom stereocenters. The third kappa shape index (κ3) is 4.51. The van der Waals surface area contributed by atoms with Gasteiger partial charge in [0.1, 0.15) is 11.6 Å². The fraction of sp³-hybridized carbons (Fsp3) is 0.167. The van der Waals surface area contributed by atoms with Gasteiger partial charge in [0.15, 0.2) is 0 Å². The fourth-order valence-corrected chi connectivity index (χ4v) is 4.63. The molecular formula is C30H25N3O3. The van der Waals surface area contributed by atoms with Crippen LogP contribution in [-0.2, 0) is 13.0 Å². The maximum absolute atomic E-state index is 13.8. The number of rotatable bonds is 4. The molecule has 0 fully saturated rings. The first-order valence-corrected chi connectivity index (χ1v) is 11.8. The van der Waals surface area contributed by atoms with E-state index in [0.717, 1.165) is 11.1 Å². The summed E-state index contributed by atoms with van der Waals surface area (Å²) in [5.41, 5.74) is 3.90. The summed E-state index contributed by atoms with van der Waals surface area (Å²) < 4.78 is 7.28. The van der Waals surface area contributed by atoms with Crippen LogP contribution < -0.4 is 10.3 Å². The van der Waals surface area contributed by atoms with Crippen molar-refractivity contribution >= 4 is 6.09 Å². The Bertz CT molecular complexity index is 1450. The van der Waals surface area contributed by atoms with Crippen LogP contribution in [0.25, 0.3) is 0 Å². The Morgan fingerprint density at radius 2 is 1.58 bits per heavy atom. The van der Waals surface area contributed by atoms with Crippen molar-refractivity contribution in [2.75, 3.05) is 6.54 Å². The standard InChI is InChI=1S/C30H25N3O3/c1-3-22-14-16-25(17-15-22)36-30(35)32-19-18-26-27(20-32)31-21(2)33(29(26)34)28(23-10-6-4-7-11-23)24-12-8-5-9-13-24/h1,4-17,28H,18-20H2,2H3. The van der Waals surface area contributed by atoms with E-state index in [9.17, 15) is 9.59 Å². The fourth-order valence-electron chi connectivity index (χ4n) is 4.63. The van der Waals surface area contributed by atoms with E-state index in [-0.39, 0.29) is 18.1 Å². The van der Waals surface area contributed by atoms with Crippen molar-refractivity contribution in [2.24, 2.45) is 0 Å². The number of hydrogen-bond donors (Lipinski definition) is 0. The number of ether oxygens (including phenoxy) is 1. The van der Waals surface area contributed by atoms with Crippen molar-refractivity contribution in [3.05, 3.63) is 129 Å². The van der Waals surface area contributed by atoms with Gasteiger partial charge in [-0.2, -0.15) is 0 Å².